The second kappa shape index (κ2) is 8.00. The van der Waals surface area contributed by atoms with Crippen LogP contribution in [0.3, 0.4) is 0 Å². The van der Waals surface area contributed by atoms with E-state index < -0.39 is 10.0 Å². The van der Waals surface area contributed by atoms with Crippen LogP contribution in [-0.4, -0.2) is 31.4 Å². The summed E-state index contributed by atoms with van der Waals surface area (Å²) in [6, 6.07) is 23.9. The highest BCUT2D eigenvalue weighted by atomic mass is 32.2. The van der Waals surface area contributed by atoms with Gasteiger partial charge in [0, 0.05) is 30.2 Å². The molecule has 3 atom stereocenters. The van der Waals surface area contributed by atoms with Gasteiger partial charge in [-0.1, -0.05) is 79.6 Å². The Kier molecular flexibility index (Phi) is 5.37. The van der Waals surface area contributed by atoms with Gasteiger partial charge in [-0.05, 0) is 55.0 Å². The molecule has 2 aliphatic rings. The summed E-state index contributed by atoms with van der Waals surface area (Å²) in [5.74, 6) is 0.167. The number of sulfonamides is 1. The lowest BCUT2D eigenvalue weighted by Gasteiger charge is -2.44. The van der Waals surface area contributed by atoms with Crippen molar-refractivity contribution in [3.05, 3.63) is 95.1 Å². The predicted molar refractivity (Wildman–Crippen MR) is 134 cm³/mol. The Morgan fingerprint density at radius 1 is 0.939 bits per heavy atom. The van der Waals surface area contributed by atoms with Gasteiger partial charge in [-0.15, -0.1) is 0 Å². The Morgan fingerprint density at radius 2 is 1.61 bits per heavy atom. The van der Waals surface area contributed by atoms with E-state index in [1.165, 1.54) is 11.1 Å². The number of rotatable bonds is 4. The van der Waals surface area contributed by atoms with Gasteiger partial charge in [0.15, 0.2) is 0 Å². The first kappa shape index (κ1) is 22.2. The molecule has 2 aliphatic heterocycles. The molecule has 4 nitrogen and oxygen atoms in total. The highest BCUT2D eigenvalue weighted by molar-refractivity contribution is 7.89. The molecule has 1 saturated heterocycles. The Morgan fingerprint density at radius 3 is 2.30 bits per heavy atom. The van der Waals surface area contributed by atoms with E-state index in [2.05, 4.69) is 56.4 Å². The van der Waals surface area contributed by atoms with Crippen LogP contribution in [0.1, 0.15) is 36.1 Å². The van der Waals surface area contributed by atoms with Gasteiger partial charge in [0.1, 0.15) is 0 Å². The van der Waals surface area contributed by atoms with Crippen molar-refractivity contribution < 1.29 is 8.42 Å². The fourth-order valence-electron chi connectivity index (χ4n) is 5.67. The summed E-state index contributed by atoms with van der Waals surface area (Å²) in [4.78, 5) is 0.371. The summed E-state index contributed by atoms with van der Waals surface area (Å²) in [6.07, 6.45) is 0.678. The van der Waals surface area contributed by atoms with Crippen molar-refractivity contribution in [2.45, 2.75) is 56.5 Å². The van der Waals surface area contributed by atoms with Gasteiger partial charge < -0.3 is 5.32 Å². The number of hydrogen-bond acceptors (Lipinski definition) is 3. The minimum atomic E-state index is -3.64. The summed E-state index contributed by atoms with van der Waals surface area (Å²) in [5, 5.41) is 3.77. The molecule has 0 aliphatic carbocycles. The molecule has 0 spiro atoms. The fraction of sp³-hybridized carbons (Fsp3) is 0.357. The lowest BCUT2D eigenvalue weighted by molar-refractivity contribution is 0.302. The first-order valence-electron chi connectivity index (χ1n) is 11.7. The van der Waals surface area contributed by atoms with E-state index in [0.29, 0.717) is 17.9 Å². The van der Waals surface area contributed by atoms with Crippen LogP contribution in [0.25, 0.3) is 0 Å². The van der Waals surface area contributed by atoms with Gasteiger partial charge >= 0.3 is 0 Å². The minimum Gasteiger partial charge on any atom is -0.380 e. The van der Waals surface area contributed by atoms with Gasteiger partial charge in [-0.2, -0.15) is 4.31 Å². The van der Waals surface area contributed by atoms with Gasteiger partial charge in [0.25, 0.3) is 0 Å². The molecule has 0 unspecified atom stereocenters. The van der Waals surface area contributed by atoms with Crippen LogP contribution in [0, 0.1) is 19.8 Å². The highest BCUT2D eigenvalue weighted by Gasteiger charge is 2.55. The molecule has 3 aromatic carbocycles. The first-order valence-corrected chi connectivity index (χ1v) is 13.1. The minimum absolute atomic E-state index is 0.0376. The third-order valence-corrected chi connectivity index (χ3v) is 9.53. The Hall–Kier alpha value is -2.63. The van der Waals surface area contributed by atoms with Crippen molar-refractivity contribution in [3.63, 3.8) is 0 Å². The Labute approximate surface area is 197 Å². The normalized spacial score (nSPS) is 24.1. The van der Waals surface area contributed by atoms with Crippen LogP contribution in [0.4, 0.5) is 5.69 Å². The van der Waals surface area contributed by atoms with Crippen molar-refractivity contribution >= 4 is 15.7 Å². The molecule has 5 heteroatoms. The topological polar surface area (TPSA) is 49.4 Å². The van der Waals surface area contributed by atoms with E-state index in [1.54, 1.807) is 16.4 Å². The first-order chi connectivity index (χ1) is 15.7. The van der Waals surface area contributed by atoms with E-state index in [4.69, 9.17) is 0 Å². The van der Waals surface area contributed by atoms with Gasteiger partial charge in [0.2, 0.25) is 10.0 Å². The van der Waals surface area contributed by atoms with E-state index in [-0.39, 0.29) is 23.4 Å². The predicted octanol–water partition coefficient (Wildman–Crippen LogP) is 5.31. The zero-order chi connectivity index (χ0) is 23.4. The average Bonchev–Trinajstić information content (AvgIpc) is 3.15. The maximum absolute atomic E-state index is 13.9. The van der Waals surface area contributed by atoms with Crippen molar-refractivity contribution in [2.75, 3.05) is 11.9 Å². The molecule has 2 heterocycles. The molecule has 0 aromatic heterocycles. The van der Waals surface area contributed by atoms with Gasteiger partial charge in [-0.25, -0.2) is 8.42 Å². The third kappa shape index (κ3) is 3.77. The summed E-state index contributed by atoms with van der Waals surface area (Å²) in [6.45, 7) is 9.14. The van der Waals surface area contributed by atoms with Gasteiger partial charge in [0.05, 0.1) is 4.90 Å². The van der Waals surface area contributed by atoms with Crippen LogP contribution in [-0.2, 0) is 21.9 Å². The van der Waals surface area contributed by atoms with Crippen molar-refractivity contribution in [3.8, 4) is 0 Å². The number of hydrogen-bond donors (Lipinski definition) is 1. The van der Waals surface area contributed by atoms with E-state index >= 15 is 0 Å². The molecular weight excluding hydrogens is 428 g/mol. The number of benzene rings is 3. The maximum Gasteiger partial charge on any atom is 0.243 e. The molecule has 0 bridgehead atoms. The smallest absolute Gasteiger partial charge is 0.243 e. The average molecular weight is 461 g/mol. The number of fused-ring (bicyclic) bond motifs is 2. The highest BCUT2D eigenvalue weighted by Crippen LogP contribution is 2.49. The molecular formula is C28H32N2O2S. The summed E-state index contributed by atoms with van der Waals surface area (Å²) in [7, 11) is -3.64. The largest absolute Gasteiger partial charge is 0.380 e. The fourth-order valence-corrected chi connectivity index (χ4v) is 7.34. The second-order valence-corrected chi connectivity index (χ2v) is 12.1. The monoisotopic (exact) mass is 460 g/mol. The Balaban J connectivity index is 1.60. The lowest BCUT2D eigenvalue weighted by atomic mass is 9.67. The van der Waals surface area contributed by atoms with Crippen LogP contribution in [0.5, 0.6) is 0 Å². The van der Waals surface area contributed by atoms with Crippen molar-refractivity contribution in [1.82, 2.24) is 4.31 Å². The lowest BCUT2D eigenvalue weighted by Crippen LogP contribution is -2.49. The second-order valence-electron chi connectivity index (χ2n) is 10.2. The Bertz CT molecular complexity index is 1270. The quantitative estimate of drug-likeness (QED) is 0.574. The SMILES string of the molecule is Cc1ccc(S(=O)(=O)N2C[C@H]3[C@@H](Nc4ccc(C)cc4C3(C)C)[C@@H]2Cc2ccccc2)cc1. The number of aryl methyl sites for hydroxylation is 2. The molecule has 0 saturated carbocycles. The van der Waals surface area contributed by atoms with Crippen molar-refractivity contribution in [1.29, 1.82) is 0 Å². The summed E-state index contributed by atoms with van der Waals surface area (Å²) in [5.41, 5.74) is 5.69. The van der Waals surface area contributed by atoms with Crippen molar-refractivity contribution in [2.24, 2.45) is 5.92 Å². The zero-order valence-corrected chi connectivity index (χ0v) is 20.6. The summed E-state index contributed by atoms with van der Waals surface area (Å²) >= 11 is 0. The third-order valence-electron chi connectivity index (χ3n) is 7.63. The van der Waals surface area contributed by atoms with Crippen LogP contribution in [0.2, 0.25) is 0 Å². The molecule has 5 rings (SSSR count). The molecule has 1 fully saturated rings. The van der Waals surface area contributed by atoms with Crippen LogP contribution < -0.4 is 5.32 Å². The van der Waals surface area contributed by atoms with E-state index in [1.807, 2.05) is 37.3 Å². The standard InChI is InChI=1S/C28H32N2O2S/c1-19-10-13-22(14-11-19)33(31,32)30-18-24-27(26(30)17-21-8-6-5-7-9-21)29-25-15-12-20(2)16-23(25)28(24,3)4/h5-16,24,26-27,29H,17-18H2,1-4H3/t24-,26-,27+/m0/s1. The molecule has 172 valence electrons. The number of anilines is 1. The zero-order valence-electron chi connectivity index (χ0n) is 19.7. The molecule has 0 amide bonds. The number of nitrogens with zero attached hydrogens (tertiary/aromatic N) is 1. The molecule has 1 N–H and O–H groups in total. The van der Waals surface area contributed by atoms with E-state index in [0.717, 1.165) is 16.8 Å². The van der Waals surface area contributed by atoms with Crippen LogP contribution >= 0.6 is 0 Å². The van der Waals surface area contributed by atoms with Crippen LogP contribution in [0.15, 0.2) is 77.7 Å². The maximum atomic E-state index is 13.9. The van der Waals surface area contributed by atoms with E-state index in [9.17, 15) is 8.42 Å². The van der Waals surface area contributed by atoms with Gasteiger partial charge in [-0.3, -0.25) is 0 Å². The molecule has 0 radical (unpaired) electrons. The summed E-state index contributed by atoms with van der Waals surface area (Å²) < 4.78 is 29.6. The molecule has 3 aromatic rings. The number of nitrogens with one attached hydrogen (secondary N) is 1. The molecule has 33 heavy (non-hydrogen) atoms.